The number of nitro benzene ring substituents is 1. The summed E-state index contributed by atoms with van der Waals surface area (Å²) in [5, 5.41) is 16.2. The number of hydrogen-bond acceptors (Lipinski definition) is 5. The maximum absolute atomic E-state index is 11.6. The molecule has 2 N–H and O–H groups in total. The fraction of sp³-hybridized carbons (Fsp3) is 0.417. The Bertz CT molecular complexity index is 462. The maximum Gasteiger partial charge on any atom is 0.293 e. The molecular weight excluding hydrogens is 250 g/mol. The largest absolute Gasteiger partial charge is 0.383 e. The molecule has 1 amide bonds. The average molecular weight is 267 g/mol. The monoisotopic (exact) mass is 267 g/mol. The highest BCUT2D eigenvalue weighted by Gasteiger charge is 2.15. The van der Waals surface area contributed by atoms with Crippen molar-refractivity contribution in [2.45, 2.75) is 6.92 Å². The first-order valence-electron chi connectivity index (χ1n) is 5.79. The molecule has 0 unspecified atom stereocenters. The Balaban J connectivity index is 2.61. The van der Waals surface area contributed by atoms with Gasteiger partial charge in [0.2, 0.25) is 5.91 Å². The van der Waals surface area contributed by atoms with Gasteiger partial charge >= 0.3 is 0 Å². The van der Waals surface area contributed by atoms with Crippen LogP contribution in [0.3, 0.4) is 0 Å². The molecule has 0 heterocycles. The third kappa shape index (κ3) is 5.02. The number of rotatable bonds is 7. The molecule has 7 heteroatoms. The predicted octanol–water partition coefficient (Wildman–Crippen LogP) is 1.08. The lowest BCUT2D eigenvalue weighted by Crippen LogP contribution is -2.30. The van der Waals surface area contributed by atoms with E-state index in [4.69, 9.17) is 4.74 Å². The number of methoxy groups -OCH3 is 1. The lowest BCUT2D eigenvalue weighted by atomic mass is 10.2. The lowest BCUT2D eigenvalue weighted by molar-refractivity contribution is -0.384. The summed E-state index contributed by atoms with van der Waals surface area (Å²) in [7, 11) is 1.57. The fourth-order valence-corrected chi connectivity index (χ4v) is 1.47. The molecule has 0 fully saturated rings. The molecule has 0 bridgehead atoms. The Hall–Kier alpha value is -1.99. The number of aryl methyl sites for hydroxylation is 1. The molecule has 19 heavy (non-hydrogen) atoms. The van der Waals surface area contributed by atoms with Crippen LogP contribution in [0.1, 0.15) is 5.56 Å². The smallest absolute Gasteiger partial charge is 0.293 e. The second kappa shape index (κ2) is 7.45. The molecule has 104 valence electrons. The molecule has 0 aliphatic carbocycles. The molecule has 1 aromatic carbocycles. The van der Waals surface area contributed by atoms with Crippen LogP contribution in [-0.4, -0.2) is 37.6 Å². The molecule has 0 aliphatic rings. The van der Waals surface area contributed by atoms with Crippen LogP contribution in [0, 0.1) is 17.0 Å². The van der Waals surface area contributed by atoms with Crippen LogP contribution in [0.5, 0.6) is 0 Å². The number of anilines is 1. The van der Waals surface area contributed by atoms with Gasteiger partial charge in [-0.15, -0.1) is 0 Å². The van der Waals surface area contributed by atoms with Gasteiger partial charge in [-0.1, -0.05) is 6.07 Å². The first-order chi connectivity index (χ1) is 9.04. The summed E-state index contributed by atoms with van der Waals surface area (Å²) >= 11 is 0. The van der Waals surface area contributed by atoms with Gasteiger partial charge in [-0.25, -0.2) is 0 Å². The van der Waals surface area contributed by atoms with Gasteiger partial charge in [-0.05, 0) is 18.6 Å². The predicted molar refractivity (Wildman–Crippen MR) is 71.2 cm³/mol. The molecule has 0 aromatic heterocycles. The highest BCUT2D eigenvalue weighted by atomic mass is 16.6. The summed E-state index contributed by atoms with van der Waals surface area (Å²) in [4.78, 5) is 22.0. The maximum atomic E-state index is 11.6. The fourth-order valence-electron chi connectivity index (χ4n) is 1.47. The molecule has 1 aromatic rings. The highest BCUT2D eigenvalue weighted by molar-refractivity contribution is 5.94. The van der Waals surface area contributed by atoms with E-state index >= 15 is 0 Å². The second-order valence-corrected chi connectivity index (χ2v) is 4.00. The first-order valence-corrected chi connectivity index (χ1v) is 5.79. The van der Waals surface area contributed by atoms with Crippen LogP contribution in [-0.2, 0) is 9.53 Å². The van der Waals surface area contributed by atoms with E-state index in [-0.39, 0.29) is 23.8 Å². The normalized spacial score (nSPS) is 10.2. The van der Waals surface area contributed by atoms with E-state index in [0.717, 1.165) is 5.56 Å². The Morgan fingerprint density at radius 1 is 1.47 bits per heavy atom. The van der Waals surface area contributed by atoms with Crippen molar-refractivity contribution in [2.24, 2.45) is 0 Å². The molecule has 0 atom stereocenters. The molecule has 0 spiro atoms. The minimum absolute atomic E-state index is 0.0778. The number of benzene rings is 1. The van der Waals surface area contributed by atoms with Crippen molar-refractivity contribution in [3.63, 3.8) is 0 Å². The molecule has 1 rings (SSSR count). The second-order valence-electron chi connectivity index (χ2n) is 4.00. The van der Waals surface area contributed by atoms with Crippen LogP contribution < -0.4 is 10.6 Å². The molecule has 7 nitrogen and oxygen atoms in total. The minimum atomic E-state index is -0.513. The number of nitrogens with one attached hydrogen (secondary N) is 2. The molecule has 0 radical (unpaired) electrons. The Morgan fingerprint density at radius 3 is 2.84 bits per heavy atom. The van der Waals surface area contributed by atoms with Gasteiger partial charge in [0.05, 0.1) is 18.1 Å². The average Bonchev–Trinajstić information content (AvgIpc) is 2.36. The summed E-state index contributed by atoms with van der Waals surface area (Å²) in [6, 6.07) is 4.66. The lowest BCUT2D eigenvalue weighted by Gasteiger charge is -2.07. The molecule has 0 aliphatic heterocycles. The van der Waals surface area contributed by atoms with Crippen molar-refractivity contribution in [3.8, 4) is 0 Å². The van der Waals surface area contributed by atoms with Crippen molar-refractivity contribution in [1.29, 1.82) is 0 Å². The van der Waals surface area contributed by atoms with E-state index in [1.54, 1.807) is 20.1 Å². The van der Waals surface area contributed by atoms with E-state index in [9.17, 15) is 14.9 Å². The summed E-state index contributed by atoms with van der Waals surface area (Å²) < 4.78 is 4.82. The summed E-state index contributed by atoms with van der Waals surface area (Å²) in [5.41, 5.74) is 0.863. The van der Waals surface area contributed by atoms with Crippen LogP contribution in [0.15, 0.2) is 18.2 Å². The summed E-state index contributed by atoms with van der Waals surface area (Å²) in [6.45, 7) is 2.87. The van der Waals surface area contributed by atoms with Crippen LogP contribution >= 0.6 is 0 Å². The van der Waals surface area contributed by atoms with Crippen molar-refractivity contribution >= 4 is 17.3 Å². The summed E-state index contributed by atoms with van der Waals surface area (Å²) in [5.74, 6) is -0.331. The van der Waals surface area contributed by atoms with Crippen molar-refractivity contribution in [1.82, 2.24) is 5.32 Å². The zero-order valence-corrected chi connectivity index (χ0v) is 10.9. The first kappa shape index (κ1) is 15.1. The third-order valence-corrected chi connectivity index (χ3v) is 2.39. The van der Waals surface area contributed by atoms with E-state index in [0.29, 0.717) is 13.2 Å². The SMILES string of the molecule is COCCNCC(=O)Nc1ccc(C)cc1[N+](=O)[O-]. The van der Waals surface area contributed by atoms with Crippen LogP contribution in [0.4, 0.5) is 11.4 Å². The standard InChI is InChI=1S/C12H17N3O4/c1-9-3-4-10(11(7-9)15(17)18)14-12(16)8-13-5-6-19-2/h3-4,7,13H,5-6,8H2,1-2H3,(H,14,16). The number of carbonyl (C=O) groups is 1. The molecular formula is C12H17N3O4. The topological polar surface area (TPSA) is 93.5 Å². The molecule has 0 saturated carbocycles. The van der Waals surface area contributed by atoms with Gasteiger partial charge in [0.25, 0.3) is 5.69 Å². The van der Waals surface area contributed by atoms with Crippen molar-refractivity contribution in [3.05, 3.63) is 33.9 Å². The quantitative estimate of drug-likeness (QED) is 0.438. The van der Waals surface area contributed by atoms with Crippen molar-refractivity contribution in [2.75, 3.05) is 32.1 Å². The van der Waals surface area contributed by atoms with Crippen LogP contribution in [0.2, 0.25) is 0 Å². The van der Waals surface area contributed by atoms with Crippen LogP contribution in [0.25, 0.3) is 0 Å². The molecule has 0 saturated heterocycles. The number of carbonyl (C=O) groups excluding carboxylic acids is 1. The Morgan fingerprint density at radius 2 is 2.21 bits per heavy atom. The zero-order valence-electron chi connectivity index (χ0n) is 10.9. The number of nitro groups is 1. The minimum Gasteiger partial charge on any atom is -0.383 e. The number of nitrogens with zero attached hydrogens (tertiary/aromatic N) is 1. The van der Waals surface area contributed by atoms with Gasteiger partial charge in [-0.2, -0.15) is 0 Å². The van der Waals surface area contributed by atoms with Gasteiger partial charge < -0.3 is 15.4 Å². The van der Waals surface area contributed by atoms with Gasteiger partial charge in [-0.3, -0.25) is 14.9 Å². The summed E-state index contributed by atoms with van der Waals surface area (Å²) in [6.07, 6.45) is 0. The van der Waals surface area contributed by atoms with E-state index < -0.39 is 4.92 Å². The Labute approximate surface area is 111 Å². The highest BCUT2D eigenvalue weighted by Crippen LogP contribution is 2.24. The van der Waals surface area contributed by atoms with Gasteiger partial charge in [0, 0.05) is 19.7 Å². The van der Waals surface area contributed by atoms with E-state index in [1.807, 2.05) is 0 Å². The number of amides is 1. The van der Waals surface area contributed by atoms with Gasteiger partial charge in [0.15, 0.2) is 0 Å². The number of ether oxygens (including phenoxy) is 1. The van der Waals surface area contributed by atoms with Crippen molar-refractivity contribution < 1.29 is 14.5 Å². The number of hydrogen-bond donors (Lipinski definition) is 2. The van der Waals surface area contributed by atoms with E-state index in [2.05, 4.69) is 10.6 Å². The van der Waals surface area contributed by atoms with E-state index in [1.165, 1.54) is 12.1 Å². The third-order valence-electron chi connectivity index (χ3n) is 2.39. The van der Waals surface area contributed by atoms with Gasteiger partial charge in [0.1, 0.15) is 5.69 Å². The Kier molecular flexibility index (Phi) is 5.91. The zero-order chi connectivity index (χ0) is 14.3.